The van der Waals surface area contributed by atoms with Crippen LogP contribution in [-0.2, 0) is 6.54 Å². The van der Waals surface area contributed by atoms with Crippen molar-refractivity contribution in [3.05, 3.63) is 62.5 Å². The van der Waals surface area contributed by atoms with Crippen LogP contribution in [0.2, 0.25) is 0 Å². The summed E-state index contributed by atoms with van der Waals surface area (Å²) in [6, 6.07) is 14.1. The molecule has 0 radical (unpaired) electrons. The van der Waals surface area contributed by atoms with E-state index in [1.165, 1.54) is 5.56 Å². The highest BCUT2D eigenvalue weighted by Gasteiger charge is 2.06. The van der Waals surface area contributed by atoms with E-state index in [-0.39, 0.29) is 11.8 Å². The Morgan fingerprint density at radius 2 is 1.95 bits per heavy atom. The molecule has 4 heteroatoms. The first-order valence-electron chi connectivity index (χ1n) is 6.02. The van der Waals surface area contributed by atoms with Crippen LogP contribution in [0.15, 0.2) is 51.4 Å². The lowest BCUT2D eigenvalue weighted by Crippen LogP contribution is -2.18. The van der Waals surface area contributed by atoms with Gasteiger partial charge in [0.15, 0.2) is 0 Å². The van der Waals surface area contributed by atoms with Gasteiger partial charge in [-0.1, -0.05) is 34.1 Å². The monoisotopic (exact) mass is 383 g/mol. The summed E-state index contributed by atoms with van der Waals surface area (Å²) >= 11 is 6.81. The molecular formula is C15H15Br2NO. The van der Waals surface area contributed by atoms with Crippen LogP contribution in [-0.4, -0.2) is 5.11 Å². The number of phenolic OH excluding ortho intramolecular Hbond substituents is 1. The van der Waals surface area contributed by atoms with Crippen molar-refractivity contribution in [2.75, 3.05) is 0 Å². The van der Waals surface area contributed by atoms with Gasteiger partial charge in [0.1, 0.15) is 5.75 Å². The molecule has 0 aliphatic carbocycles. The molecule has 0 heterocycles. The Labute approximate surface area is 130 Å². The zero-order chi connectivity index (χ0) is 13.8. The molecule has 0 amide bonds. The zero-order valence-corrected chi connectivity index (χ0v) is 13.7. The SMILES string of the molecule is C[C@@H](NCc1ccc(O)c(Br)c1)c1cccc(Br)c1. The van der Waals surface area contributed by atoms with Crippen LogP contribution in [0.1, 0.15) is 24.1 Å². The van der Waals surface area contributed by atoms with Crippen LogP contribution in [0.4, 0.5) is 0 Å². The van der Waals surface area contributed by atoms with Crippen molar-refractivity contribution in [1.82, 2.24) is 5.32 Å². The number of nitrogens with one attached hydrogen (secondary N) is 1. The van der Waals surface area contributed by atoms with Gasteiger partial charge >= 0.3 is 0 Å². The lowest BCUT2D eigenvalue weighted by Gasteiger charge is -2.15. The van der Waals surface area contributed by atoms with Crippen LogP contribution in [0.25, 0.3) is 0 Å². The van der Waals surface area contributed by atoms with Gasteiger partial charge in [0.05, 0.1) is 4.47 Å². The average molecular weight is 385 g/mol. The molecule has 2 aromatic carbocycles. The molecule has 19 heavy (non-hydrogen) atoms. The minimum absolute atomic E-state index is 0.267. The quantitative estimate of drug-likeness (QED) is 0.795. The molecule has 2 aromatic rings. The van der Waals surface area contributed by atoms with Crippen molar-refractivity contribution in [2.24, 2.45) is 0 Å². The largest absolute Gasteiger partial charge is 0.507 e. The van der Waals surface area contributed by atoms with E-state index in [0.29, 0.717) is 0 Å². The third kappa shape index (κ3) is 4.06. The molecule has 1 atom stereocenters. The summed E-state index contributed by atoms with van der Waals surface area (Å²) in [5.74, 6) is 0.267. The molecule has 0 aliphatic rings. The molecule has 100 valence electrons. The summed E-state index contributed by atoms with van der Waals surface area (Å²) in [6.45, 7) is 2.89. The van der Waals surface area contributed by atoms with Crippen molar-refractivity contribution in [3.8, 4) is 5.75 Å². The standard InChI is InChI=1S/C15H15Br2NO/c1-10(12-3-2-4-13(16)8-12)18-9-11-5-6-15(19)14(17)7-11/h2-8,10,18-19H,9H2,1H3/t10-/m1/s1. The van der Waals surface area contributed by atoms with Crippen molar-refractivity contribution in [3.63, 3.8) is 0 Å². The van der Waals surface area contributed by atoms with Gasteiger partial charge < -0.3 is 10.4 Å². The van der Waals surface area contributed by atoms with Crippen LogP contribution >= 0.6 is 31.9 Å². The third-order valence-corrected chi connectivity index (χ3v) is 4.10. The molecular weight excluding hydrogens is 370 g/mol. The lowest BCUT2D eigenvalue weighted by molar-refractivity contribution is 0.471. The van der Waals surface area contributed by atoms with Gasteiger partial charge in [-0.3, -0.25) is 0 Å². The van der Waals surface area contributed by atoms with Crippen LogP contribution in [0.3, 0.4) is 0 Å². The Bertz CT molecular complexity index is 572. The van der Waals surface area contributed by atoms with E-state index in [1.54, 1.807) is 6.07 Å². The number of hydrogen-bond acceptors (Lipinski definition) is 2. The Morgan fingerprint density at radius 3 is 2.63 bits per heavy atom. The molecule has 2 N–H and O–H groups in total. The number of rotatable bonds is 4. The predicted molar refractivity (Wildman–Crippen MR) is 85.2 cm³/mol. The van der Waals surface area contributed by atoms with Crippen molar-refractivity contribution >= 4 is 31.9 Å². The number of halogens is 2. The summed E-state index contributed by atoms with van der Waals surface area (Å²) in [5, 5.41) is 12.9. The van der Waals surface area contributed by atoms with Gasteiger partial charge in [-0.25, -0.2) is 0 Å². The van der Waals surface area contributed by atoms with Gasteiger partial charge in [0.2, 0.25) is 0 Å². The van der Waals surface area contributed by atoms with Gasteiger partial charge in [-0.2, -0.15) is 0 Å². The Kier molecular flexibility index (Phi) is 5.02. The maximum atomic E-state index is 9.46. The Hall–Kier alpha value is -0.840. The van der Waals surface area contributed by atoms with Crippen LogP contribution in [0.5, 0.6) is 5.75 Å². The molecule has 0 aromatic heterocycles. The fraction of sp³-hybridized carbons (Fsp3) is 0.200. The van der Waals surface area contributed by atoms with Crippen molar-refractivity contribution in [1.29, 1.82) is 0 Å². The van der Waals surface area contributed by atoms with E-state index < -0.39 is 0 Å². The highest BCUT2D eigenvalue weighted by atomic mass is 79.9. The first-order chi connectivity index (χ1) is 9.06. The highest BCUT2D eigenvalue weighted by molar-refractivity contribution is 9.10. The Balaban J connectivity index is 2.00. The second-order valence-electron chi connectivity index (χ2n) is 4.44. The van der Waals surface area contributed by atoms with E-state index in [0.717, 1.165) is 21.1 Å². The molecule has 0 bridgehead atoms. The second-order valence-corrected chi connectivity index (χ2v) is 6.21. The lowest BCUT2D eigenvalue weighted by atomic mass is 10.1. The summed E-state index contributed by atoms with van der Waals surface area (Å²) in [4.78, 5) is 0. The highest BCUT2D eigenvalue weighted by Crippen LogP contribution is 2.24. The summed E-state index contributed by atoms with van der Waals surface area (Å²) < 4.78 is 1.81. The summed E-state index contributed by atoms with van der Waals surface area (Å²) in [6.07, 6.45) is 0. The summed E-state index contributed by atoms with van der Waals surface area (Å²) in [5.41, 5.74) is 2.37. The Morgan fingerprint density at radius 1 is 1.16 bits per heavy atom. The van der Waals surface area contributed by atoms with E-state index in [1.807, 2.05) is 24.3 Å². The third-order valence-electron chi connectivity index (χ3n) is 2.97. The van der Waals surface area contributed by atoms with Gasteiger partial charge in [-0.05, 0) is 58.2 Å². The smallest absolute Gasteiger partial charge is 0.129 e. The number of benzene rings is 2. The topological polar surface area (TPSA) is 32.3 Å². The molecule has 0 saturated heterocycles. The molecule has 0 saturated carbocycles. The minimum Gasteiger partial charge on any atom is -0.507 e. The molecule has 0 unspecified atom stereocenters. The fourth-order valence-corrected chi connectivity index (χ4v) is 2.67. The summed E-state index contributed by atoms with van der Waals surface area (Å²) in [7, 11) is 0. The molecule has 2 rings (SSSR count). The second kappa shape index (κ2) is 6.55. The van der Waals surface area contributed by atoms with E-state index in [9.17, 15) is 5.11 Å². The van der Waals surface area contributed by atoms with Crippen molar-refractivity contribution < 1.29 is 5.11 Å². The van der Waals surface area contributed by atoms with Gasteiger partial charge in [0.25, 0.3) is 0 Å². The maximum absolute atomic E-state index is 9.46. The van der Waals surface area contributed by atoms with Gasteiger partial charge in [0, 0.05) is 17.1 Å². The molecule has 0 fully saturated rings. The number of phenols is 1. The first kappa shape index (κ1) is 14.6. The fourth-order valence-electron chi connectivity index (χ4n) is 1.83. The van der Waals surface area contributed by atoms with Crippen LogP contribution in [0, 0.1) is 0 Å². The maximum Gasteiger partial charge on any atom is 0.129 e. The number of hydrogen-bond donors (Lipinski definition) is 2. The first-order valence-corrected chi connectivity index (χ1v) is 7.61. The number of aromatic hydroxyl groups is 1. The average Bonchev–Trinajstić information content (AvgIpc) is 2.40. The van der Waals surface area contributed by atoms with E-state index >= 15 is 0 Å². The molecule has 0 aliphatic heterocycles. The van der Waals surface area contributed by atoms with E-state index in [2.05, 4.69) is 56.2 Å². The minimum atomic E-state index is 0.267. The normalized spacial score (nSPS) is 12.4. The molecule has 0 spiro atoms. The van der Waals surface area contributed by atoms with E-state index in [4.69, 9.17) is 0 Å². The zero-order valence-electron chi connectivity index (χ0n) is 10.5. The van der Waals surface area contributed by atoms with Gasteiger partial charge in [-0.15, -0.1) is 0 Å². The van der Waals surface area contributed by atoms with Crippen molar-refractivity contribution in [2.45, 2.75) is 19.5 Å². The predicted octanol–water partition coefficient (Wildman–Crippen LogP) is 4.77. The van der Waals surface area contributed by atoms with Crippen LogP contribution < -0.4 is 5.32 Å². The molecule has 2 nitrogen and oxygen atoms in total.